The van der Waals surface area contributed by atoms with Crippen LogP contribution in [0.1, 0.15) is 37.6 Å². The summed E-state index contributed by atoms with van der Waals surface area (Å²) in [6.07, 6.45) is 3.74. The molecule has 0 aliphatic carbocycles. The molecule has 6 nitrogen and oxygen atoms in total. The van der Waals surface area contributed by atoms with E-state index in [0.29, 0.717) is 18.8 Å². The third-order valence-corrected chi connectivity index (χ3v) is 6.81. The van der Waals surface area contributed by atoms with Crippen molar-refractivity contribution in [2.24, 2.45) is 0 Å². The number of amides is 1. The Balaban J connectivity index is 1.65. The maximum absolute atomic E-state index is 11.5. The molecule has 0 saturated carbocycles. The van der Waals surface area contributed by atoms with E-state index in [9.17, 15) is 4.79 Å². The van der Waals surface area contributed by atoms with Crippen molar-refractivity contribution >= 4 is 28.2 Å². The summed E-state index contributed by atoms with van der Waals surface area (Å²) in [6.45, 7) is 9.28. The Morgan fingerprint density at radius 3 is 2.50 bits per heavy atom. The maximum Gasteiger partial charge on any atom is 0.230 e. The summed E-state index contributed by atoms with van der Waals surface area (Å²) in [6, 6.07) is 20.9. The maximum atomic E-state index is 11.5. The van der Waals surface area contributed by atoms with E-state index in [1.807, 2.05) is 36.4 Å². The smallest absolute Gasteiger partial charge is 0.230 e. The van der Waals surface area contributed by atoms with Gasteiger partial charge in [0.2, 0.25) is 11.6 Å². The number of allylic oxidation sites excluding steroid dienone is 2. The highest BCUT2D eigenvalue weighted by Gasteiger charge is 2.28. The molecule has 0 bridgehead atoms. The Labute approximate surface area is 211 Å². The number of aromatic nitrogens is 2. The van der Waals surface area contributed by atoms with Crippen LogP contribution in [-0.4, -0.2) is 39.9 Å². The SMILES string of the molecule is CC(=O)NCCN1C=C(c2ncnc3oc(-c4ccccc4)cc23)C(c2ccc(C)cc2)=C(C)C1C. The summed E-state index contributed by atoms with van der Waals surface area (Å²) in [5.41, 5.74) is 8.19. The molecule has 0 fully saturated rings. The lowest BCUT2D eigenvalue weighted by molar-refractivity contribution is -0.119. The zero-order valence-electron chi connectivity index (χ0n) is 21.1. The highest BCUT2D eigenvalue weighted by Crippen LogP contribution is 2.42. The molecule has 1 atom stereocenters. The molecule has 36 heavy (non-hydrogen) atoms. The van der Waals surface area contributed by atoms with Crippen LogP contribution in [0.5, 0.6) is 0 Å². The van der Waals surface area contributed by atoms with Crippen molar-refractivity contribution in [3.8, 4) is 11.3 Å². The van der Waals surface area contributed by atoms with Gasteiger partial charge in [0.05, 0.1) is 11.1 Å². The first-order valence-corrected chi connectivity index (χ1v) is 12.2. The van der Waals surface area contributed by atoms with E-state index < -0.39 is 0 Å². The number of fused-ring (bicyclic) bond motifs is 1. The predicted octanol–water partition coefficient (Wildman–Crippen LogP) is 5.85. The second-order valence-electron chi connectivity index (χ2n) is 9.28. The highest BCUT2D eigenvalue weighted by atomic mass is 16.3. The van der Waals surface area contributed by atoms with E-state index in [0.717, 1.165) is 33.5 Å². The fourth-order valence-corrected chi connectivity index (χ4v) is 4.73. The van der Waals surface area contributed by atoms with Crippen molar-refractivity contribution in [1.29, 1.82) is 0 Å². The van der Waals surface area contributed by atoms with E-state index in [2.05, 4.69) is 66.4 Å². The third kappa shape index (κ3) is 4.54. The molecular formula is C30H30N4O2. The number of carbonyl (C=O) groups is 1. The van der Waals surface area contributed by atoms with E-state index in [1.165, 1.54) is 16.7 Å². The van der Waals surface area contributed by atoms with Gasteiger partial charge in [0, 0.05) is 43.4 Å². The quantitative estimate of drug-likeness (QED) is 0.376. The fourth-order valence-electron chi connectivity index (χ4n) is 4.73. The van der Waals surface area contributed by atoms with E-state index in [-0.39, 0.29) is 11.9 Å². The molecule has 1 aliphatic rings. The summed E-state index contributed by atoms with van der Waals surface area (Å²) in [5, 5.41) is 3.79. The summed E-state index contributed by atoms with van der Waals surface area (Å²) >= 11 is 0. The van der Waals surface area contributed by atoms with Crippen LogP contribution < -0.4 is 5.32 Å². The number of rotatable bonds is 6. The third-order valence-electron chi connectivity index (χ3n) is 6.81. The van der Waals surface area contributed by atoms with E-state index in [1.54, 1.807) is 13.3 Å². The van der Waals surface area contributed by atoms with Crippen molar-refractivity contribution in [1.82, 2.24) is 20.2 Å². The lowest BCUT2D eigenvalue weighted by Crippen LogP contribution is -2.38. The average molecular weight is 479 g/mol. The minimum Gasteiger partial charge on any atom is -0.438 e. The van der Waals surface area contributed by atoms with Gasteiger partial charge in [-0.1, -0.05) is 60.2 Å². The number of nitrogens with one attached hydrogen (secondary N) is 1. The van der Waals surface area contributed by atoms with Crippen LogP contribution in [0, 0.1) is 6.92 Å². The molecule has 1 amide bonds. The summed E-state index contributed by atoms with van der Waals surface area (Å²) in [4.78, 5) is 22.9. The standard InChI is InChI=1S/C30H30N4O2/c1-19-10-12-24(13-11-19)28-20(2)21(3)34(15-14-31-22(4)35)17-26(28)29-25-16-27(23-8-6-5-7-9-23)36-30(25)33-18-32-29/h5-13,16-18,21H,14-15H2,1-4H3,(H,31,35). The molecule has 0 spiro atoms. The van der Waals surface area contributed by atoms with Gasteiger partial charge >= 0.3 is 0 Å². The normalized spacial score (nSPS) is 15.8. The Hall–Kier alpha value is -4.19. The van der Waals surface area contributed by atoms with Crippen LogP contribution in [0.4, 0.5) is 0 Å². The predicted molar refractivity (Wildman–Crippen MR) is 144 cm³/mol. The first-order valence-electron chi connectivity index (χ1n) is 12.2. The van der Waals surface area contributed by atoms with Crippen molar-refractivity contribution in [2.45, 2.75) is 33.7 Å². The molecule has 5 rings (SSSR count). The van der Waals surface area contributed by atoms with Crippen LogP contribution in [0.25, 0.3) is 33.6 Å². The topological polar surface area (TPSA) is 71.3 Å². The molecule has 6 heteroatoms. The van der Waals surface area contributed by atoms with Gasteiger partial charge in [-0.2, -0.15) is 0 Å². The van der Waals surface area contributed by atoms with Gasteiger partial charge in [-0.15, -0.1) is 0 Å². The minimum atomic E-state index is -0.0270. The van der Waals surface area contributed by atoms with Gasteiger partial charge in [-0.25, -0.2) is 9.97 Å². The monoisotopic (exact) mass is 478 g/mol. The molecule has 1 unspecified atom stereocenters. The number of hydrogen-bond donors (Lipinski definition) is 1. The largest absolute Gasteiger partial charge is 0.438 e. The van der Waals surface area contributed by atoms with Crippen LogP contribution in [0.3, 0.4) is 0 Å². The highest BCUT2D eigenvalue weighted by molar-refractivity contribution is 6.10. The van der Waals surface area contributed by atoms with Gasteiger partial charge in [0.15, 0.2) is 0 Å². The Bertz CT molecular complexity index is 1470. The van der Waals surface area contributed by atoms with Gasteiger partial charge in [0.25, 0.3) is 0 Å². The van der Waals surface area contributed by atoms with E-state index in [4.69, 9.17) is 9.40 Å². The van der Waals surface area contributed by atoms with Crippen LogP contribution >= 0.6 is 0 Å². The first-order chi connectivity index (χ1) is 17.4. The van der Waals surface area contributed by atoms with Gasteiger partial charge in [-0.3, -0.25) is 4.79 Å². The molecule has 3 heterocycles. The van der Waals surface area contributed by atoms with Crippen molar-refractivity contribution in [3.05, 3.63) is 95.6 Å². The molecule has 1 N–H and O–H groups in total. The summed E-state index contributed by atoms with van der Waals surface area (Å²) in [5.74, 6) is 0.734. The van der Waals surface area contributed by atoms with Crippen LogP contribution in [0.15, 0.2) is 83.2 Å². The van der Waals surface area contributed by atoms with Crippen molar-refractivity contribution in [2.75, 3.05) is 13.1 Å². The molecule has 4 aromatic rings. The molecule has 0 saturated heterocycles. The molecule has 1 aliphatic heterocycles. The Morgan fingerprint density at radius 2 is 1.78 bits per heavy atom. The van der Waals surface area contributed by atoms with Crippen LogP contribution in [0.2, 0.25) is 0 Å². The summed E-state index contributed by atoms with van der Waals surface area (Å²) < 4.78 is 6.15. The second-order valence-corrected chi connectivity index (χ2v) is 9.28. The molecule has 0 radical (unpaired) electrons. The number of benzene rings is 2. The first kappa shape index (κ1) is 23.5. The van der Waals surface area contributed by atoms with Gasteiger partial charge in [0.1, 0.15) is 12.1 Å². The lowest BCUT2D eigenvalue weighted by atomic mass is 9.85. The van der Waals surface area contributed by atoms with Crippen LogP contribution in [-0.2, 0) is 4.79 Å². The average Bonchev–Trinajstić information content (AvgIpc) is 3.32. The van der Waals surface area contributed by atoms with E-state index >= 15 is 0 Å². The number of furan rings is 1. The molecular weight excluding hydrogens is 448 g/mol. The van der Waals surface area contributed by atoms with Crippen molar-refractivity contribution < 1.29 is 9.21 Å². The summed E-state index contributed by atoms with van der Waals surface area (Å²) in [7, 11) is 0. The lowest BCUT2D eigenvalue weighted by Gasteiger charge is -2.36. The van der Waals surface area contributed by atoms with Gasteiger partial charge in [-0.05, 0) is 43.5 Å². The molecule has 2 aromatic heterocycles. The zero-order chi connectivity index (χ0) is 25.2. The number of nitrogens with zero attached hydrogens (tertiary/aromatic N) is 3. The van der Waals surface area contributed by atoms with Crippen molar-refractivity contribution in [3.63, 3.8) is 0 Å². The Morgan fingerprint density at radius 1 is 1.03 bits per heavy atom. The number of hydrogen-bond acceptors (Lipinski definition) is 5. The molecule has 182 valence electrons. The minimum absolute atomic E-state index is 0.0270. The van der Waals surface area contributed by atoms with Gasteiger partial charge < -0.3 is 14.6 Å². The Kier molecular flexibility index (Phi) is 6.42. The fraction of sp³-hybridized carbons (Fsp3) is 0.233. The second kappa shape index (κ2) is 9.82. The number of aryl methyl sites for hydroxylation is 1. The molecule has 2 aromatic carbocycles. The zero-order valence-corrected chi connectivity index (χ0v) is 21.1. The number of carbonyl (C=O) groups excluding carboxylic acids is 1.